The molecule has 0 bridgehead atoms. The number of benzene rings is 3. The van der Waals surface area contributed by atoms with Gasteiger partial charge in [0.15, 0.2) is 5.43 Å². The number of phenolic OH excluding ortho intramolecular Hbond substituents is 1. The van der Waals surface area contributed by atoms with E-state index in [-0.39, 0.29) is 11.2 Å². The second-order valence-electron chi connectivity index (χ2n) is 6.11. The zero-order chi connectivity index (χ0) is 17.4. The standard InChI is InChI=1S/C22H17NO2/c1-23-20-5-3-2-4-18(20)22(25)19-13-10-16(14-21(19)23)7-6-15-8-11-17(24)12-9-15/h2-14,24H,1H3/b7-6+. The van der Waals surface area contributed by atoms with E-state index in [4.69, 9.17) is 0 Å². The van der Waals surface area contributed by atoms with Crippen LogP contribution in [0.5, 0.6) is 5.75 Å². The maximum atomic E-state index is 12.7. The number of para-hydroxylation sites is 1. The minimum atomic E-state index is 0.0674. The second-order valence-corrected chi connectivity index (χ2v) is 6.11. The van der Waals surface area contributed by atoms with Gasteiger partial charge in [0.2, 0.25) is 0 Å². The molecule has 25 heavy (non-hydrogen) atoms. The summed E-state index contributed by atoms with van der Waals surface area (Å²) in [7, 11) is 1.98. The molecule has 1 aromatic heterocycles. The van der Waals surface area contributed by atoms with Crippen molar-refractivity contribution in [3.05, 3.63) is 88.1 Å². The Labute approximate surface area is 145 Å². The van der Waals surface area contributed by atoms with Gasteiger partial charge in [-0.1, -0.05) is 42.5 Å². The zero-order valence-corrected chi connectivity index (χ0v) is 13.8. The fourth-order valence-corrected chi connectivity index (χ4v) is 3.13. The summed E-state index contributed by atoms with van der Waals surface area (Å²) in [4.78, 5) is 12.7. The van der Waals surface area contributed by atoms with Gasteiger partial charge in [-0.15, -0.1) is 0 Å². The highest BCUT2D eigenvalue weighted by Crippen LogP contribution is 2.20. The first-order valence-corrected chi connectivity index (χ1v) is 8.12. The van der Waals surface area contributed by atoms with Gasteiger partial charge in [0, 0.05) is 17.8 Å². The van der Waals surface area contributed by atoms with Crippen molar-refractivity contribution in [1.29, 1.82) is 0 Å². The topological polar surface area (TPSA) is 42.2 Å². The Morgan fingerprint density at radius 2 is 1.44 bits per heavy atom. The van der Waals surface area contributed by atoms with Crippen LogP contribution in [0.4, 0.5) is 0 Å². The average Bonchev–Trinajstić information content (AvgIpc) is 2.65. The number of aryl methyl sites for hydroxylation is 1. The van der Waals surface area contributed by atoms with E-state index in [2.05, 4.69) is 4.57 Å². The van der Waals surface area contributed by atoms with Crippen LogP contribution in [0.1, 0.15) is 11.1 Å². The number of rotatable bonds is 2. The highest BCUT2D eigenvalue weighted by molar-refractivity contribution is 5.94. The summed E-state index contributed by atoms with van der Waals surface area (Å²) in [5.74, 6) is 0.254. The number of aromatic hydroxyl groups is 1. The van der Waals surface area contributed by atoms with Crippen LogP contribution in [-0.4, -0.2) is 9.67 Å². The fourth-order valence-electron chi connectivity index (χ4n) is 3.13. The van der Waals surface area contributed by atoms with E-state index in [1.165, 1.54) is 0 Å². The third-order valence-electron chi connectivity index (χ3n) is 4.50. The molecule has 0 aliphatic carbocycles. The van der Waals surface area contributed by atoms with Gasteiger partial charge in [-0.2, -0.15) is 0 Å². The summed E-state index contributed by atoms with van der Waals surface area (Å²) in [6.07, 6.45) is 3.99. The second kappa shape index (κ2) is 5.95. The molecule has 0 amide bonds. The molecule has 0 fully saturated rings. The van der Waals surface area contributed by atoms with E-state index in [1.54, 1.807) is 12.1 Å². The van der Waals surface area contributed by atoms with E-state index in [0.29, 0.717) is 0 Å². The molecule has 0 aliphatic rings. The fraction of sp³-hybridized carbons (Fsp3) is 0.0455. The molecule has 122 valence electrons. The molecule has 0 aliphatic heterocycles. The molecule has 3 heteroatoms. The molecule has 1 heterocycles. The number of hydrogen-bond donors (Lipinski definition) is 1. The summed E-state index contributed by atoms with van der Waals surface area (Å²) in [5, 5.41) is 10.8. The Kier molecular flexibility index (Phi) is 3.62. The maximum absolute atomic E-state index is 12.7. The van der Waals surface area contributed by atoms with Crippen molar-refractivity contribution >= 4 is 34.0 Å². The van der Waals surface area contributed by atoms with Crippen LogP contribution < -0.4 is 5.43 Å². The van der Waals surface area contributed by atoms with Crippen molar-refractivity contribution in [3.8, 4) is 5.75 Å². The smallest absolute Gasteiger partial charge is 0.197 e. The quantitative estimate of drug-likeness (QED) is 0.433. The van der Waals surface area contributed by atoms with Crippen molar-refractivity contribution in [1.82, 2.24) is 4.57 Å². The monoisotopic (exact) mass is 327 g/mol. The molecule has 0 radical (unpaired) electrons. The Bertz CT molecular complexity index is 1170. The lowest BCUT2D eigenvalue weighted by molar-refractivity contribution is 0.475. The Balaban J connectivity index is 1.85. The molecule has 0 atom stereocenters. The van der Waals surface area contributed by atoms with Crippen LogP contribution in [0.2, 0.25) is 0 Å². The minimum absolute atomic E-state index is 0.0674. The van der Waals surface area contributed by atoms with Crippen molar-refractivity contribution in [3.63, 3.8) is 0 Å². The molecule has 0 spiro atoms. The highest BCUT2D eigenvalue weighted by Gasteiger charge is 2.08. The van der Waals surface area contributed by atoms with E-state index in [1.807, 2.05) is 73.8 Å². The molecule has 4 rings (SSSR count). The molecule has 3 nitrogen and oxygen atoms in total. The van der Waals surface area contributed by atoms with Gasteiger partial charge in [-0.25, -0.2) is 0 Å². The molecule has 3 aromatic carbocycles. The summed E-state index contributed by atoms with van der Waals surface area (Å²) in [6.45, 7) is 0. The number of nitrogens with zero attached hydrogens (tertiary/aromatic N) is 1. The Morgan fingerprint density at radius 1 is 0.800 bits per heavy atom. The van der Waals surface area contributed by atoms with Crippen molar-refractivity contribution in [2.75, 3.05) is 0 Å². The normalized spacial score (nSPS) is 11.6. The van der Waals surface area contributed by atoms with Crippen LogP contribution in [0, 0.1) is 0 Å². The predicted octanol–water partition coefficient (Wildman–Crippen LogP) is 4.57. The van der Waals surface area contributed by atoms with Gasteiger partial charge in [0.05, 0.1) is 11.0 Å². The first-order valence-electron chi connectivity index (χ1n) is 8.12. The van der Waals surface area contributed by atoms with Gasteiger partial charge in [0.25, 0.3) is 0 Å². The number of fused-ring (bicyclic) bond motifs is 2. The number of hydrogen-bond acceptors (Lipinski definition) is 2. The van der Waals surface area contributed by atoms with Crippen LogP contribution in [0.25, 0.3) is 34.0 Å². The molecule has 1 N–H and O–H groups in total. The van der Waals surface area contributed by atoms with Gasteiger partial charge in [0.1, 0.15) is 5.75 Å². The first-order chi connectivity index (χ1) is 12.1. The minimum Gasteiger partial charge on any atom is -0.508 e. The summed E-state index contributed by atoms with van der Waals surface area (Å²) < 4.78 is 2.06. The SMILES string of the molecule is Cn1c2ccccc2c(=O)c2ccc(/C=C/c3ccc(O)cc3)cc21. The number of phenols is 1. The number of aromatic nitrogens is 1. The summed E-state index contributed by atoms with van der Waals surface area (Å²) >= 11 is 0. The summed E-state index contributed by atoms with van der Waals surface area (Å²) in [5.41, 5.74) is 3.94. The lowest BCUT2D eigenvalue weighted by atomic mass is 10.1. The third-order valence-corrected chi connectivity index (χ3v) is 4.50. The highest BCUT2D eigenvalue weighted by atomic mass is 16.3. The van der Waals surface area contributed by atoms with Crippen molar-refractivity contribution in [2.45, 2.75) is 0 Å². The lowest BCUT2D eigenvalue weighted by Crippen LogP contribution is -2.08. The van der Waals surface area contributed by atoms with E-state index < -0.39 is 0 Å². The first kappa shape index (κ1) is 15.2. The third kappa shape index (κ3) is 2.70. The van der Waals surface area contributed by atoms with E-state index >= 15 is 0 Å². The predicted molar refractivity (Wildman–Crippen MR) is 104 cm³/mol. The molecular weight excluding hydrogens is 310 g/mol. The molecule has 0 saturated carbocycles. The molecular formula is C22H17NO2. The lowest BCUT2D eigenvalue weighted by Gasteiger charge is -2.10. The molecule has 4 aromatic rings. The Morgan fingerprint density at radius 3 is 2.24 bits per heavy atom. The number of pyridine rings is 1. The van der Waals surface area contributed by atoms with Gasteiger partial charge in [-0.05, 0) is 47.5 Å². The summed E-state index contributed by atoms with van der Waals surface area (Å²) in [6, 6.07) is 20.6. The maximum Gasteiger partial charge on any atom is 0.197 e. The van der Waals surface area contributed by atoms with E-state index in [9.17, 15) is 9.90 Å². The van der Waals surface area contributed by atoms with E-state index in [0.717, 1.165) is 32.9 Å². The van der Waals surface area contributed by atoms with Crippen LogP contribution in [0.3, 0.4) is 0 Å². The molecule has 0 unspecified atom stereocenters. The van der Waals surface area contributed by atoms with Crippen molar-refractivity contribution in [2.24, 2.45) is 7.05 Å². The van der Waals surface area contributed by atoms with Crippen LogP contribution >= 0.6 is 0 Å². The Hall–Kier alpha value is -3.33. The van der Waals surface area contributed by atoms with Crippen LogP contribution in [0.15, 0.2) is 71.5 Å². The average molecular weight is 327 g/mol. The van der Waals surface area contributed by atoms with Gasteiger partial charge >= 0.3 is 0 Å². The largest absolute Gasteiger partial charge is 0.508 e. The van der Waals surface area contributed by atoms with Crippen molar-refractivity contribution < 1.29 is 5.11 Å². The van der Waals surface area contributed by atoms with Gasteiger partial charge in [-0.3, -0.25) is 4.79 Å². The van der Waals surface area contributed by atoms with Gasteiger partial charge < -0.3 is 9.67 Å². The zero-order valence-electron chi connectivity index (χ0n) is 13.8. The molecule has 0 saturated heterocycles. The van der Waals surface area contributed by atoms with Crippen LogP contribution in [-0.2, 0) is 7.05 Å².